The van der Waals surface area contributed by atoms with Crippen LogP contribution in [0.3, 0.4) is 0 Å². The number of aldehydes is 1. The second-order valence-corrected chi connectivity index (χ2v) is 10.5. The first-order valence-electron chi connectivity index (χ1n) is 13.8. The molecule has 45 heavy (non-hydrogen) atoms. The van der Waals surface area contributed by atoms with Crippen LogP contribution in [0.2, 0.25) is 0 Å². The van der Waals surface area contributed by atoms with E-state index in [2.05, 4.69) is 5.32 Å². The molecule has 0 saturated carbocycles. The van der Waals surface area contributed by atoms with Crippen LogP contribution in [0.25, 0.3) is 0 Å². The third kappa shape index (κ3) is 6.26. The quantitative estimate of drug-likeness (QED) is 0.244. The van der Waals surface area contributed by atoms with Crippen LogP contribution in [0, 0.1) is 5.82 Å². The maximum atomic E-state index is 14.0. The van der Waals surface area contributed by atoms with Gasteiger partial charge in [0, 0.05) is 35.4 Å². The minimum atomic E-state index is -4.64. The Balaban J connectivity index is 1.62. The highest BCUT2D eigenvalue weighted by molar-refractivity contribution is 5.98. The number of carbonyl (C=O) groups excluding carboxylic acids is 3. The van der Waals surface area contributed by atoms with Gasteiger partial charge in [0.1, 0.15) is 24.3 Å². The highest BCUT2D eigenvalue weighted by Crippen LogP contribution is 2.51. The molecule has 0 spiro atoms. The van der Waals surface area contributed by atoms with Crippen molar-refractivity contribution in [3.05, 3.63) is 106 Å². The third-order valence-electron chi connectivity index (χ3n) is 7.76. The summed E-state index contributed by atoms with van der Waals surface area (Å²) in [6, 6.07) is 10.3. The molecule has 2 amide bonds. The van der Waals surface area contributed by atoms with Crippen LogP contribution < -0.4 is 14.8 Å². The zero-order valence-electron chi connectivity index (χ0n) is 23.8. The van der Waals surface area contributed by atoms with Gasteiger partial charge in [-0.15, -0.1) is 0 Å². The van der Waals surface area contributed by atoms with Crippen molar-refractivity contribution in [3.63, 3.8) is 0 Å². The number of aliphatic hydroxyl groups excluding tert-OH is 2. The van der Waals surface area contributed by atoms with Crippen LogP contribution in [-0.4, -0.2) is 71.7 Å². The molecule has 1 aliphatic heterocycles. The van der Waals surface area contributed by atoms with Crippen molar-refractivity contribution in [2.24, 2.45) is 0 Å². The van der Waals surface area contributed by atoms with E-state index in [0.29, 0.717) is 17.4 Å². The van der Waals surface area contributed by atoms with Crippen molar-refractivity contribution in [1.29, 1.82) is 0 Å². The largest absolute Gasteiger partial charge is 0.493 e. The second kappa shape index (κ2) is 12.7. The van der Waals surface area contributed by atoms with Gasteiger partial charge in [0.25, 0.3) is 5.91 Å². The van der Waals surface area contributed by atoms with Gasteiger partial charge in [-0.3, -0.25) is 14.4 Å². The summed E-state index contributed by atoms with van der Waals surface area (Å²) < 4.78 is 64.9. The van der Waals surface area contributed by atoms with Gasteiger partial charge < -0.3 is 29.9 Å². The molecule has 13 heteroatoms. The molecule has 0 bridgehead atoms. The molecule has 1 aliphatic carbocycles. The number of hydrogen-bond acceptors (Lipinski definition) is 7. The van der Waals surface area contributed by atoms with Crippen LogP contribution in [0.1, 0.15) is 43.3 Å². The number of aliphatic hydroxyl groups is 2. The highest BCUT2D eigenvalue weighted by atomic mass is 19.4. The lowest BCUT2D eigenvalue weighted by Gasteiger charge is -2.40. The topological polar surface area (TPSA) is 125 Å². The Kier molecular flexibility index (Phi) is 8.94. The Hall–Kier alpha value is -4.75. The summed E-state index contributed by atoms with van der Waals surface area (Å²) in [5.41, 5.74) is -0.0174. The summed E-state index contributed by atoms with van der Waals surface area (Å²) in [5, 5.41) is 23.7. The van der Waals surface area contributed by atoms with Crippen molar-refractivity contribution < 1.29 is 51.6 Å². The van der Waals surface area contributed by atoms with Crippen molar-refractivity contribution in [3.8, 4) is 11.5 Å². The maximum absolute atomic E-state index is 14.0. The molecule has 0 saturated heterocycles. The predicted molar refractivity (Wildman–Crippen MR) is 151 cm³/mol. The van der Waals surface area contributed by atoms with Crippen LogP contribution in [0.4, 0.5) is 17.6 Å². The summed E-state index contributed by atoms with van der Waals surface area (Å²) in [7, 11) is 1.35. The van der Waals surface area contributed by atoms with E-state index in [4.69, 9.17) is 9.47 Å². The molecule has 3 aromatic carbocycles. The molecule has 1 heterocycles. The predicted octanol–water partition coefficient (Wildman–Crippen LogP) is 3.63. The van der Waals surface area contributed by atoms with Gasteiger partial charge in [-0.1, -0.05) is 12.1 Å². The van der Waals surface area contributed by atoms with Gasteiger partial charge >= 0.3 is 6.18 Å². The molecule has 2 aliphatic rings. The van der Waals surface area contributed by atoms with Gasteiger partial charge in [0.05, 0.1) is 31.2 Å². The third-order valence-corrected chi connectivity index (χ3v) is 7.76. The number of rotatable bonds is 9. The number of ether oxygens (including phenoxy) is 2. The SMILES string of the molecule is COc1cc(C=O)cc2c1OC1C2C(C(=O)NCCO)=CC(N(Cc2ccc(F)cc2)C(=O)c2ccc(C(F)(F)F)cc2)C1O. The molecule has 9 nitrogen and oxygen atoms in total. The highest BCUT2D eigenvalue weighted by Gasteiger charge is 2.51. The summed E-state index contributed by atoms with van der Waals surface area (Å²) in [5.74, 6) is -2.54. The molecule has 3 N–H and O–H groups in total. The van der Waals surface area contributed by atoms with Crippen molar-refractivity contribution >= 4 is 18.1 Å². The number of carbonyl (C=O) groups is 3. The van der Waals surface area contributed by atoms with Crippen LogP contribution in [0.5, 0.6) is 11.5 Å². The molecular formula is C32H28F4N2O7. The molecule has 4 unspecified atom stereocenters. The lowest BCUT2D eigenvalue weighted by atomic mass is 9.77. The smallest absolute Gasteiger partial charge is 0.416 e. The molecule has 4 atom stereocenters. The lowest BCUT2D eigenvalue weighted by Crippen LogP contribution is -2.55. The van der Waals surface area contributed by atoms with Crippen LogP contribution in [0.15, 0.2) is 72.3 Å². The fraction of sp³-hybridized carbons (Fsp3) is 0.281. The van der Waals surface area contributed by atoms with Crippen LogP contribution >= 0.6 is 0 Å². The fourth-order valence-corrected chi connectivity index (χ4v) is 5.63. The zero-order chi connectivity index (χ0) is 32.5. The molecule has 0 aromatic heterocycles. The summed E-state index contributed by atoms with van der Waals surface area (Å²) in [6.07, 6.45) is -5.36. The number of hydrogen-bond donors (Lipinski definition) is 3. The fourth-order valence-electron chi connectivity index (χ4n) is 5.63. The van der Waals surface area contributed by atoms with Crippen LogP contribution in [-0.2, 0) is 17.5 Å². The second-order valence-electron chi connectivity index (χ2n) is 10.5. The number of halogens is 4. The average molecular weight is 629 g/mol. The summed E-state index contributed by atoms with van der Waals surface area (Å²) >= 11 is 0. The van der Waals surface area contributed by atoms with E-state index < -0.39 is 53.5 Å². The molecule has 0 fully saturated rings. The standard InChI is InChI=1S/C32H28F4N2O7/c1-44-25-13-18(16-40)12-22-26-23(30(42)37-10-11-39)14-24(27(41)29(26)45-28(22)25)38(15-17-2-8-21(33)9-3-17)31(43)19-4-6-20(7-5-19)32(34,35)36/h2-9,12-14,16,24,26-27,29,39,41H,10-11,15H2,1H3,(H,37,42). The lowest BCUT2D eigenvalue weighted by molar-refractivity contribution is -0.137. The van der Waals surface area contributed by atoms with Gasteiger partial charge in [-0.25, -0.2) is 4.39 Å². The minimum absolute atomic E-state index is 0.0527. The van der Waals surface area contributed by atoms with E-state index in [1.165, 1.54) is 49.6 Å². The molecule has 3 aromatic rings. The Bertz CT molecular complexity index is 1620. The van der Waals surface area contributed by atoms with Crippen molar-refractivity contribution in [2.45, 2.75) is 36.9 Å². The normalized spacial score (nSPS) is 20.3. The van der Waals surface area contributed by atoms with E-state index in [0.717, 1.165) is 29.2 Å². The van der Waals surface area contributed by atoms with Gasteiger partial charge in [0.15, 0.2) is 11.5 Å². The number of nitrogens with one attached hydrogen (secondary N) is 1. The number of fused-ring (bicyclic) bond motifs is 3. The first-order valence-corrected chi connectivity index (χ1v) is 13.8. The van der Waals surface area contributed by atoms with Crippen molar-refractivity contribution in [2.75, 3.05) is 20.3 Å². The van der Waals surface area contributed by atoms with Gasteiger partial charge in [-0.05, 0) is 60.2 Å². The summed E-state index contributed by atoms with van der Waals surface area (Å²) in [6.45, 7) is -0.721. The Morgan fingerprint density at radius 3 is 2.38 bits per heavy atom. The van der Waals surface area contributed by atoms with E-state index in [1.807, 2.05) is 0 Å². The number of alkyl halides is 3. The first-order chi connectivity index (χ1) is 21.5. The van der Waals surface area contributed by atoms with Crippen molar-refractivity contribution in [1.82, 2.24) is 10.2 Å². The zero-order valence-corrected chi connectivity index (χ0v) is 23.8. The van der Waals surface area contributed by atoms with E-state index in [-0.39, 0.29) is 47.9 Å². The van der Waals surface area contributed by atoms with Gasteiger partial charge in [0.2, 0.25) is 5.91 Å². The number of methoxy groups -OCH3 is 1. The Morgan fingerprint density at radius 1 is 1.09 bits per heavy atom. The molecule has 5 rings (SSSR count). The summed E-state index contributed by atoms with van der Waals surface area (Å²) in [4.78, 5) is 40.3. The molecule has 0 radical (unpaired) electrons. The average Bonchev–Trinajstić information content (AvgIpc) is 3.42. The van der Waals surface area contributed by atoms with E-state index in [9.17, 15) is 42.2 Å². The van der Waals surface area contributed by atoms with E-state index in [1.54, 1.807) is 0 Å². The number of amides is 2. The Labute approximate surface area is 254 Å². The monoisotopic (exact) mass is 628 g/mol. The minimum Gasteiger partial charge on any atom is -0.493 e. The van der Waals surface area contributed by atoms with E-state index >= 15 is 0 Å². The maximum Gasteiger partial charge on any atom is 0.416 e. The first kappa shape index (κ1) is 31.7. The number of benzene rings is 3. The Morgan fingerprint density at radius 2 is 1.78 bits per heavy atom. The van der Waals surface area contributed by atoms with Gasteiger partial charge in [-0.2, -0.15) is 13.2 Å². The molecule has 236 valence electrons. The molecular weight excluding hydrogens is 600 g/mol. The number of nitrogens with zero attached hydrogens (tertiary/aromatic N) is 1.